The van der Waals surface area contributed by atoms with Crippen LogP contribution in [0.2, 0.25) is 5.02 Å². The van der Waals surface area contributed by atoms with Crippen LogP contribution in [0.3, 0.4) is 0 Å². The molecule has 192 valence electrons. The van der Waals surface area contributed by atoms with Crippen LogP contribution in [-0.4, -0.2) is 81.4 Å². The summed E-state index contributed by atoms with van der Waals surface area (Å²) in [7, 11) is -0.728. The van der Waals surface area contributed by atoms with E-state index in [9.17, 15) is 18.3 Å². The highest BCUT2D eigenvalue weighted by molar-refractivity contribution is 7.89. The maximum Gasteiger partial charge on any atom is 0.253 e. The van der Waals surface area contributed by atoms with Crippen molar-refractivity contribution in [3.8, 4) is 11.5 Å². The number of carbonyl (C=O) groups is 1. The molecule has 0 unspecified atom stereocenters. The average molecular weight is 527 g/mol. The first kappa shape index (κ1) is 27.2. The smallest absolute Gasteiger partial charge is 0.253 e. The van der Waals surface area contributed by atoms with Gasteiger partial charge in [0.1, 0.15) is 0 Å². The van der Waals surface area contributed by atoms with E-state index in [1.807, 2.05) is 6.92 Å². The fraction of sp³-hybridized carbons (Fsp3) is 0.458. The van der Waals surface area contributed by atoms with Gasteiger partial charge in [0, 0.05) is 43.9 Å². The van der Waals surface area contributed by atoms with Gasteiger partial charge in [-0.25, -0.2) is 8.42 Å². The number of likely N-dealkylation sites (N-methyl/N-ethyl adjacent to an activating group) is 1. The van der Waals surface area contributed by atoms with Crippen LogP contribution in [0.4, 0.5) is 0 Å². The number of benzene rings is 2. The fourth-order valence-electron chi connectivity index (χ4n) is 3.84. The number of nitrogens with zero attached hydrogens (tertiary/aromatic N) is 2. The van der Waals surface area contributed by atoms with Gasteiger partial charge in [-0.05, 0) is 55.3 Å². The molecule has 2 aromatic rings. The lowest BCUT2D eigenvalue weighted by atomic mass is 10.0. The summed E-state index contributed by atoms with van der Waals surface area (Å²) in [6.45, 7) is 3.57. The van der Waals surface area contributed by atoms with Crippen LogP contribution in [0.5, 0.6) is 11.5 Å². The number of amides is 1. The summed E-state index contributed by atoms with van der Waals surface area (Å²) in [5.41, 5.74) is 0.445. The van der Waals surface area contributed by atoms with E-state index in [0.29, 0.717) is 22.1 Å². The first-order chi connectivity index (χ1) is 16.6. The Morgan fingerprint density at radius 3 is 2.40 bits per heavy atom. The summed E-state index contributed by atoms with van der Waals surface area (Å²) in [5.74, 6) is 0.574. The average Bonchev–Trinajstić information content (AvgIpc) is 3.32. The van der Waals surface area contributed by atoms with Gasteiger partial charge < -0.3 is 24.2 Å². The van der Waals surface area contributed by atoms with Gasteiger partial charge in [-0.15, -0.1) is 0 Å². The lowest BCUT2D eigenvalue weighted by molar-refractivity contribution is 0.0221. The SMILES string of the molecule is CO[C@H](CN(C)C(=O)c1ccc2c(c1)OCO2)[C@H](C)CN([C@@H](C)CO)S(=O)(=O)c1ccc(Cl)cc1. The molecule has 0 fully saturated rings. The van der Waals surface area contributed by atoms with Gasteiger partial charge in [0.25, 0.3) is 5.91 Å². The Bertz CT molecular complexity index is 1130. The Labute approximate surface area is 211 Å². The molecule has 35 heavy (non-hydrogen) atoms. The minimum absolute atomic E-state index is 0.0806. The molecule has 0 saturated heterocycles. The minimum atomic E-state index is -3.91. The zero-order chi connectivity index (χ0) is 25.8. The molecule has 0 radical (unpaired) electrons. The largest absolute Gasteiger partial charge is 0.454 e. The van der Waals surface area contributed by atoms with Crippen LogP contribution < -0.4 is 9.47 Å². The zero-order valence-electron chi connectivity index (χ0n) is 20.2. The predicted octanol–water partition coefficient (Wildman–Crippen LogP) is 2.86. The monoisotopic (exact) mass is 526 g/mol. The molecule has 2 aromatic carbocycles. The molecular formula is C24H31ClN2O7S. The number of hydrogen-bond acceptors (Lipinski definition) is 7. The molecule has 0 aliphatic carbocycles. The van der Waals surface area contributed by atoms with Crippen LogP contribution in [-0.2, 0) is 14.8 Å². The fourth-order valence-corrected chi connectivity index (χ4v) is 5.69. The highest BCUT2D eigenvalue weighted by Gasteiger charge is 2.33. The lowest BCUT2D eigenvalue weighted by Gasteiger charge is -2.33. The molecule has 3 rings (SSSR count). The highest BCUT2D eigenvalue weighted by Crippen LogP contribution is 2.33. The second-order valence-corrected chi connectivity index (χ2v) is 10.9. The van der Waals surface area contributed by atoms with Crippen LogP contribution in [0.25, 0.3) is 0 Å². The van der Waals surface area contributed by atoms with Crippen molar-refractivity contribution >= 4 is 27.5 Å². The number of halogens is 1. The number of sulfonamides is 1. The Kier molecular flexibility index (Phi) is 9.00. The highest BCUT2D eigenvalue weighted by atomic mass is 35.5. The first-order valence-corrected chi connectivity index (χ1v) is 13.0. The van der Waals surface area contributed by atoms with Crippen molar-refractivity contribution in [2.45, 2.75) is 30.9 Å². The third-order valence-corrected chi connectivity index (χ3v) is 8.25. The van der Waals surface area contributed by atoms with E-state index in [1.165, 1.54) is 40.6 Å². The van der Waals surface area contributed by atoms with Crippen molar-refractivity contribution in [3.63, 3.8) is 0 Å². The van der Waals surface area contributed by atoms with E-state index < -0.39 is 22.2 Å². The van der Waals surface area contributed by atoms with Gasteiger partial charge >= 0.3 is 0 Å². The molecule has 1 amide bonds. The summed E-state index contributed by atoms with van der Waals surface area (Å²) in [6, 6.07) is 10.2. The first-order valence-electron chi connectivity index (χ1n) is 11.1. The van der Waals surface area contributed by atoms with Crippen LogP contribution in [0.15, 0.2) is 47.4 Å². The van der Waals surface area contributed by atoms with Gasteiger partial charge in [0.15, 0.2) is 11.5 Å². The number of fused-ring (bicyclic) bond motifs is 1. The molecule has 1 N–H and O–H groups in total. The van der Waals surface area contributed by atoms with Crippen LogP contribution in [0, 0.1) is 5.92 Å². The van der Waals surface area contributed by atoms with Crippen molar-refractivity contribution in [2.24, 2.45) is 5.92 Å². The number of methoxy groups -OCH3 is 1. The molecule has 1 aliphatic rings. The summed E-state index contributed by atoms with van der Waals surface area (Å²) in [6.07, 6.45) is -0.466. The number of aliphatic hydroxyl groups excluding tert-OH is 1. The van der Waals surface area contributed by atoms with Gasteiger partial charge in [-0.2, -0.15) is 4.31 Å². The Balaban J connectivity index is 1.73. The number of carbonyl (C=O) groups excluding carboxylic acids is 1. The Hall–Kier alpha value is -2.37. The maximum absolute atomic E-state index is 13.3. The van der Waals surface area contributed by atoms with Crippen molar-refractivity contribution in [3.05, 3.63) is 53.1 Å². The van der Waals surface area contributed by atoms with Crippen molar-refractivity contribution in [2.75, 3.05) is 40.6 Å². The molecule has 0 bridgehead atoms. The number of rotatable bonds is 11. The topological polar surface area (TPSA) is 106 Å². The number of ether oxygens (including phenoxy) is 3. The molecular weight excluding hydrogens is 496 g/mol. The third kappa shape index (κ3) is 6.25. The van der Waals surface area contributed by atoms with Gasteiger partial charge in [-0.3, -0.25) is 4.79 Å². The standard InChI is InChI=1S/C24H31ClN2O7S/c1-16(12-27(17(2)14-28)35(30,31)20-8-6-19(25)7-9-20)23(32-4)13-26(3)24(29)18-5-10-21-22(11-18)34-15-33-21/h5-11,16-17,23,28H,12-15H2,1-4H3/t16-,17+,23-/m1/s1. The van der Waals surface area contributed by atoms with E-state index >= 15 is 0 Å². The number of hydrogen-bond donors (Lipinski definition) is 1. The summed E-state index contributed by atoms with van der Waals surface area (Å²) < 4.78 is 44.2. The predicted molar refractivity (Wildman–Crippen MR) is 131 cm³/mol. The number of aliphatic hydroxyl groups is 1. The van der Waals surface area contributed by atoms with E-state index in [4.69, 9.17) is 25.8 Å². The van der Waals surface area contributed by atoms with Crippen molar-refractivity contribution in [1.29, 1.82) is 0 Å². The maximum atomic E-state index is 13.3. The molecule has 3 atom stereocenters. The van der Waals surface area contributed by atoms with E-state index in [2.05, 4.69) is 0 Å². The third-order valence-electron chi connectivity index (χ3n) is 6.00. The lowest BCUT2D eigenvalue weighted by Crippen LogP contribution is -2.47. The quantitative estimate of drug-likeness (QED) is 0.480. The van der Waals surface area contributed by atoms with Gasteiger partial charge in [0.05, 0.1) is 17.6 Å². The van der Waals surface area contributed by atoms with E-state index in [0.717, 1.165) is 0 Å². The van der Waals surface area contributed by atoms with Crippen LogP contribution >= 0.6 is 11.6 Å². The summed E-state index contributed by atoms with van der Waals surface area (Å²) >= 11 is 5.91. The molecule has 0 aromatic heterocycles. The van der Waals surface area contributed by atoms with E-state index in [-0.39, 0.29) is 43.2 Å². The van der Waals surface area contributed by atoms with Crippen molar-refractivity contribution < 1.29 is 32.5 Å². The second-order valence-electron chi connectivity index (χ2n) is 8.57. The minimum Gasteiger partial charge on any atom is -0.454 e. The Morgan fingerprint density at radius 1 is 1.11 bits per heavy atom. The van der Waals surface area contributed by atoms with Crippen molar-refractivity contribution in [1.82, 2.24) is 9.21 Å². The molecule has 1 aliphatic heterocycles. The molecule has 0 saturated carbocycles. The molecule has 9 nitrogen and oxygen atoms in total. The van der Waals surface area contributed by atoms with Gasteiger partial charge in [-0.1, -0.05) is 18.5 Å². The van der Waals surface area contributed by atoms with E-state index in [1.54, 1.807) is 32.2 Å². The molecule has 0 spiro atoms. The zero-order valence-corrected chi connectivity index (χ0v) is 21.8. The van der Waals surface area contributed by atoms with Crippen LogP contribution in [0.1, 0.15) is 24.2 Å². The summed E-state index contributed by atoms with van der Waals surface area (Å²) in [5, 5.41) is 10.2. The van der Waals surface area contributed by atoms with Gasteiger partial charge in [0.2, 0.25) is 16.8 Å². The summed E-state index contributed by atoms with van der Waals surface area (Å²) in [4.78, 5) is 14.6. The molecule has 1 heterocycles. The normalized spacial score (nSPS) is 15.6. The Morgan fingerprint density at radius 2 is 1.77 bits per heavy atom. The second kappa shape index (κ2) is 11.6. The molecule has 11 heteroatoms.